The van der Waals surface area contributed by atoms with Gasteiger partial charge >= 0.3 is 6.18 Å². The number of aromatic amines is 1. The van der Waals surface area contributed by atoms with Crippen LogP contribution in [0.2, 0.25) is 0 Å². The summed E-state index contributed by atoms with van der Waals surface area (Å²) in [7, 11) is 0. The van der Waals surface area contributed by atoms with Crippen molar-refractivity contribution in [3.8, 4) is 0 Å². The van der Waals surface area contributed by atoms with Crippen LogP contribution in [0.5, 0.6) is 0 Å². The maximum Gasteiger partial charge on any atom is 0.406 e. The van der Waals surface area contributed by atoms with Gasteiger partial charge in [-0.05, 0) is 31.0 Å². The first-order valence-corrected chi connectivity index (χ1v) is 9.30. The van der Waals surface area contributed by atoms with Gasteiger partial charge in [0.15, 0.2) is 0 Å². The predicted octanol–water partition coefficient (Wildman–Crippen LogP) is 2.62. The Kier molecular flexibility index (Phi) is 4.92. The third-order valence-electron chi connectivity index (χ3n) is 5.07. The summed E-state index contributed by atoms with van der Waals surface area (Å²) in [4.78, 5) is 45.2. The summed E-state index contributed by atoms with van der Waals surface area (Å²) < 4.78 is 40.4. The van der Waals surface area contributed by atoms with Crippen LogP contribution >= 0.6 is 0 Å². The highest BCUT2D eigenvalue weighted by Gasteiger charge is 2.37. The molecule has 0 spiro atoms. The van der Waals surface area contributed by atoms with Crippen LogP contribution in [0.15, 0.2) is 52.2 Å². The summed E-state index contributed by atoms with van der Waals surface area (Å²) in [6.45, 7) is -1.19. The van der Waals surface area contributed by atoms with Gasteiger partial charge in [-0.3, -0.25) is 19.0 Å². The number of fused-ring (bicyclic) bond motifs is 1. The van der Waals surface area contributed by atoms with Crippen molar-refractivity contribution in [1.29, 1.82) is 0 Å². The van der Waals surface area contributed by atoms with E-state index >= 15 is 0 Å². The molecule has 1 atom stereocenters. The first-order valence-electron chi connectivity index (χ1n) is 9.30. The van der Waals surface area contributed by atoms with Crippen molar-refractivity contribution in [2.24, 2.45) is 0 Å². The molecule has 3 aromatic rings. The number of halogens is 3. The van der Waals surface area contributed by atoms with Crippen LogP contribution in [0.4, 0.5) is 13.2 Å². The molecule has 1 amide bonds. The van der Waals surface area contributed by atoms with Gasteiger partial charge in [-0.25, -0.2) is 4.98 Å². The molecule has 4 rings (SSSR count). The number of nitrogens with one attached hydrogen (secondary N) is 1. The quantitative estimate of drug-likeness (QED) is 0.708. The Labute approximate surface area is 167 Å². The second-order valence-corrected chi connectivity index (χ2v) is 7.09. The van der Waals surface area contributed by atoms with E-state index in [9.17, 15) is 27.6 Å². The van der Waals surface area contributed by atoms with Crippen molar-refractivity contribution < 1.29 is 18.0 Å². The van der Waals surface area contributed by atoms with Gasteiger partial charge in [-0.2, -0.15) is 13.2 Å². The normalized spacial score (nSPS) is 16.9. The minimum Gasteiger partial charge on any atom is -0.328 e. The van der Waals surface area contributed by atoms with Crippen LogP contribution < -0.4 is 11.1 Å². The molecular weight excluding hydrogens is 401 g/mol. The van der Waals surface area contributed by atoms with Crippen LogP contribution in [-0.4, -0.2) is 38.1 Å². The number of nitrogens with zero attached hydrogens (tertiary/aromatic N) is 3. The summed E-state index contributed by atoms with van der Waals surface area (Å²) in [5.41, 5.74) is -0.692. The highest BCUT2D eigenvalue weighted by molar-refractivity contribution is 5.94. The zero-order valence-corrected chi connectivity index (χ0v) is 15.6. The Morgan fingerprint density at radius 3 is 2.63 bits per heavy atom. The fourth-order valence-corrected chi connectivity index (χ4v) is 3.76. The van der Waals surface area contributed by atoms with Crippen LogP contribution in [0.1, 0.15) is 35.1 Å². The molecule has 1 N–H and O–H groups in total. The number of amides is 1. The molecule has 0 saturated carbocycles. The van der Waals surface area contributed by atoms with Crippen LogP contribution in [0.3, 0.4) is 0 Å². The fourth-order valence-electron chi connectivity index (χ4n) is 3.76. The van der Waals surface area contributed by atoms with E-state index in [1.165, 1.54) is 29.3 Å². The molecule has 1 aromatic carbocycles. The van der Waals surface area contributed by atoms with Gasteiger partial charge in [0, 0.05) is 18.8 Å². The molecule has 156 valence electrons. The standard InChI is InChI=1S/C20H17F3N4O3/c21-20(22,23)11-27-17(25-14-5-2-1-4-13(14)19(27)30)15-6-3-9-26(15)18(29)12-7-8-16(28)24-10-12/h1-2,4-5,7-8,10,15H,3,6,9,11H2,(H,24,28). The maximum absolute atomic E-state index is 13.2. The van der Waals surface area contributed by atoms with Crippen LogP contribution in [0.25, 0.3) is 10.9 Å². The number of H-pyrrole nitrogens is 1. The first-order chi connectivity index (χ1) is 14.2. The molecule has 1 saturated heterocycles. The SMILES string of the molecule is O=C(c1ccc(=O)[nH]c1)N1CCCC1c1nc2ccccc2c(=O)n1CC(F)(F)F. The number of rotatable bonds is 3. The molecule has 1 aliphatic rings. The minimum absolute atomic E-state index is 0.0852. The Morgan fingerprint density at radius 1 is 1.17 bits per heavy atom. The molecule has 1 fully saturated rings. The molecule has 3 heterocycles. The van der Waals surface area contributed by atoms with E-state index in [0.29, 0.717) is 24.0 Å². The van der Waals surface area contributed by atoms with E-state index in [4.69, 9.17) is 0 Å². The first kappa shape index (κ1) is 19.9. The molecule has 30 heavy (non-hydrogen) atoms. The lowest BCUT2D eigenvalue weighted by Gasteiger charge is -2.27. The number of carbonyl (C=O) groups excluding carboxylic acids is 1. The number of aromatic nitrogens is 3. The van der Waals surface area contributed by atoms with Gasteiger partial charge in [0.2, 0.25) is 5.56 Å². The monoisotopic (exact) mass is 418 g/mol. The molecule has 2 aromatic heterocycles. The number of hydrogen-bond acceptors (Lipinski definition) is 4. The van der Waals surface area contributed by atoms with E-state index in [0.717, 1.165) is 0 Å². The molecule has 0 aliphatic carbocycles. The Morgan fingerprint density at radius 2 is 1.93 bits per heavy atom. The summed E-state index contributed by atoms with van der Waals surface area (Å²) in [6, 6.07) is 7.96. The molecular formula is C20H17F3N4O3. The van der Waals surface area contributed by atoms with E-state index < -0.39 is 30.2 Å². The number of carbonyl (C=O) groups is 1. The van der Waals surface area contributed by atoms with Gasteiger partial charge in [0.05, 0.1) is 22.5 Å². The average Bonchev–Trinajstić information content (AvgIpc) is 3.19. The summed E-state index contributed by atoms with van der Waals surface area (Å²) >= 11 is 0. The lowest BCUT2D eigenvalue weighted by Crippen LogP contribution is -2.38. The lowest BCUT2D eigenvalue weighted by molar-refractivity contribution is -0.141. The molecule has 0 radical (unpaired) electrons. The Balaban J connectivity index is 1.83. The van der Waals surface area contributed by atoms with Crippen LogP contribution in [0, 0.1) is 0 Å². The van der Waals surface area contributed by atoms with Crippen molar-refractivity contribution in [1.82, 2.24) is 19.4 Å². The highest BCUT2D eigenvalue weighted by Crippen LogP contribution is 2.33. The maximum atomic E-state index is 13.2. The van der Waals surface area contributed by atoms with Crippen molar-refractivity contribution in [3.05, 3.63) is 74.7 Å². The van der Waals surface area contributed by atoms with Crippen molar-refractivity contribution in [2.75, 3.05) is 6.54 Å². The second kappa shape index (κ2) is 7.43. The van der Waals surface area contributed by atoms with Crippen molar-refractivity contribution >= 4 is 16.8 Å². The number of para-hydroxylation sites is 1. The zero-order valence-electron chi connectivity index (χ0n) is 15.6. The average molecular weight is 418 g/mol. The van der Waals surface area contributed by atoms with Crippen molar-refractivity contribution in [3.63, 3.8) is 0 Å². The third kappa shape index (κ3) is 3.72. The van der Waals surface area contributed by atoms with E-state index in [2.05, 4.69) is 9.97 Å². The smallest absolute Gasteiger partial charge is 0.328 e. The topological polar surface area (TPSA) is 88.1 Å². The molecule has 10 heteroatoms. The van der Waals surface area contributed by atoms with Crippen LogP contribution in [-0.2, 0) is 6.54 Å². The van der Waals surface area contributed by atoms with Crippen molar-refractivity contribution in [2.45, 2.75) is 31.6 Å². The predicted molar refractivity (Wildman–Crippen MR) is 102 cm³/mol. The number of likely N-dealkylation sites (tertiary alicyclic amines) is 1. The Hall–Kier alpha value is -3.43. The lowest BCUT2D eigenvalue weighted by atomic mass is 10.1. The molecule has 7 nitrogen and oxygen atoms in total. The molecule has 0 bridgehead atoms. The summed E-state index contributed by atoms with van der Waals surface area (Å²) in [6.07, 6.45) is -2.45. The number of hydrogen-bond donors (Lipinski definition) is 1. The highest BCUT2D eigenvalue weighted by atomic mass is 19.4. The molecule has 1 unspecified atom stereocenters. The van der Waals surface area contributed by atoms with E-state index in [1.54, 1.807) is 18.2 Å². The van der Waals surface area contributed by atoms with Gasteiger partial charge in [-0.15, -0.1) is 0 Å². The number of alkyl halides is 3. The number of pyridine rings is 1. The summed E-state index contributed by atoms with van der Waals surface area (Å²) in [5, 5.41) is 0.0852. The van der Waals surface area contributed by atoms with E-state index in [1.807, 2.05) is 0 Å². The van der Waals surface area contributed by atoms with Gasteiger partial charge in [0.25, 0.3) is 11.5 Å². The molecule has 1 aliphatic heterocycles. The summed E-state index contributed by atoms with van der Waals surface area (Å²) in [5.74, 6) is -0.541. The minimum atomic E-state index is -4.63. The zero-order chi connectivity index (χ0) is 21.5. The van der Waals surface area contributed by atoms with Gasteiger partial charge in [0.1, 0.15) is 12.4 Å². The van der Waals surface area contributed by atoms with E-state index in [-0.39, 0.29) is 27.9 Å². The fraction of sp³-hybridized carbons (Fsp3) is 0.300. The van der Waals surface area contributed by atoms with Gasteiger partial charge in [-0.1, -0.05) is 12.1 Å². The Bertz CT molecular complexity index is 1210. The second-order valence-electron chi connectivity index (χ2n) is 7.09. The largest absolute Gasteiger partial charge is 0.406 e. The third-order valence-corrected chi connectivity index (χ3v) is 5.07. The van der Waals surface area contributed by atoms with Gasteiger partial charge < -0.3 is 9.88 Å². The number of benzene rings is 1.